The van der Waals surface area contributed by atoms with Gasteiger partial charge in [-0.3, -0.25) is 9.59 Å². The molecule has 42 heavy (non-hydrogen) atoms. The second-order valence-corrected chi connectivity index (χ2v) is 10.2. The zero-order chi connectivity index (χ0) is 31.0. The van der Waals surface area contributed by atoms with Crippen molar-refractivity contribution < 1.29 is 62.6 Å². The van der Waals surface area contributed by atoms with Crippen LogP contribution in [0.1, 0.15) is 27.6 Å². The summed E-state index contributed by atoms with van der Waals surface area (Å²) >= 11 is 0. The number of hydroxylamine groups is 2. The smallest absolute Gasteiger partial charge is 0.338 e. The van der Waals surface area contributed by atoms with E-state index < -0.39 is 94.9 Å². The number of amides is 2. The lowest BCUT2D eigenvalue weighted by molar-refractivity contribution is -0.130. The third-order valence-corrected chi connectivity index (χ3v) is 7.26. The van der Waals surface area contributed by atoms with Crippen molar-refractivity contribution in [1.29, 1.82) is 0 Å². The lowest BCUT2D eigenvalue weighted by Gasteiger charge is -2.26. The van der Waals surface area contributed by atoms with Crippen molar-refractivity contribution in [2.45, 2.75) is 11.8 Å². The normalized spacial score (nSPS) is 13.3. The van der Waals surface area contributed by atoms with Gasteiger partial charge < -0.3 is 4.74 Å². The quantitative estimate of drug-likeness (QED) is 0.0567. The van der Waals surface area contributed by atoms with Crippen molar-refractivity contribution in [1.82, 2.24) is 5.06 Å². The number of hydrogen-bond acceptors (Lipinski definition) is 7. The van der Waals surface area contributed by atoms with Crippen LogP contribution in [0.25, 0.3) is 21.5 Å². The van der Waals surface area contributed by atoms with E-state index in [1.165, 1.54) is 25.1 Å². The minimum absolute atomic E-state index is 0.0411. The number of carbonyl (C=O) groups excluding carboxylic acids is 3. The van der Waals surface area contributed by atoms with E-state index in [2.05, 4.69) is 10.9 Å². The fourth-order valence-electron chi connectivity index (χ4n) is 4.20. The maximum absolute atomic E-state index is 15.2. The van der Waals surface area contributed by atoms with Gasteiger partial charge >= 0.3 is 16.1 Å². The Balaban J connectivity index is 1.66. The molecule has 0 aliphatic carbocycles. The Bertz CT molecular complexity index is 2080. The topological polar surface area (TPSA) is 107 Å². The van der Waals surface area contributed by atoms with E-state index in [0.29, 0.717) is 0 Å². The molecule has 0 aromatic heterocycles. The fourth-order valence-corrected chi connectivity index (χ4v) is 5.23. The average Bonchev–Trinajstić information content (AvgIpc) is 2.93. The lowest BCUT2D eigenvalue weighted by Crippen LogP contribution is -2.42. The lowest BCUT2D eigenvalue weighted by atomic mass is 9.95. The van der Waals surface area contributed by atoms with Crippen LogP contribution in [0, 0.1) is 40.7 Å². The summed E-state index contributed by atoms with van der Waals surface area (Å²) < 4.78 is 136. The van der Waals surface area contributed by atoms with Crippen LogP contribution >= 0.6 is 0 Å². The van der Waals surface area contributed by atoms with Crippen LogP contribution in [0.5, 0.6) is 5.75 Å². The molecular formula is C26H10F7NO7S. The first-order valence-corrected chi connectivity index (χ1v) is 12.6. The van der Waals surface area contributed by atoms with E-state index in [4.69, 9.17) is 4.74 Å². The van der Waals surface area contributed by atoms with E-state index >= 15 is 4.39 Å². The highest BCUT2D eigenvalue weighted by Gasteiger charge is 2.42. The molecule has 1 aliphatic rings. The molecule has 0 fully saturated rings. The first-order chi connectivity index (χ1) is 19.6. The number of imide groups is 1. The number of halogens is 7. The molecule has 0 unspecified atom stereocenters. The van der Waals surface area contributed by atoms with Gasteiger partial charge in [-0.05, 0) is 30.5 Å². The molecule has 8 nitrogen and oxygen atoms in total. The Labute approximate surface area is 229 Å². The standard InChI is InChI=1S/C26H10F7NO7S/c1-8(2)26(37)40-10-6-9-4-3-5-11-13(9)12(7-10)25(36)34(24(11)35)41-42(38,39)23-19(30)15-14(18(29)22(23)33)16(27)20(31)21(32)17(15)28/h3-7H,1H2,2H3. The Kier molecular flexibility index (Phi) is 6.58. The second kappa shape index (κ2) is 9.63. The minimum atomic E-state index is -6.17. The summed E-state index contributed by atoms with van der Waals surface area (Å²) in [6, 6.07) is 5.95. The molecule has 16 heteroatoms. The van der Waals surface area contributed by atoms with Crippen molar-refractivity contribution in [3.8, 4) is 5.75 Å². The maximum Gasteiger partial charge on any atom is 0.338 e. The minimum Gasteiger partial charge on any atom is -0.423 e. The summed E-state index contributed by atoms with van der Waals surface area (Å²) in [6.07, 6.45) is 0. The predicted octanol–water partition coefficient (Wildman–Crippen LogP) is 5.36. The Morgan fingerprint density at radius 3 is 1.90 bits per heavy atom. The molecule has 216 valence electrons. The molecule has 2 amide bonds. The number of benzene rings is 4. The van der Waals surface area contributed by atoms with Gasteiger partial charge in [0, 0.05) is 11.0 Å². The Morgan fingerprint density at radius 2 is 1.31 bits per heavy atom. The molecule has 0 atom stereocenters. The fraction of sp³-hybridized carbons (Fsp3) is 0.0385. The highest BCUT2D eigenvalue weighted by molar-refractivity contribution is 7.86. The zero-order valence-corrected chi connectivity index (χ0v) is 21.3. The van der Waals surface area contributed by atoms with Gasteiger partial charge in [0.2, 0.25) is 0 Å². The largest absolute Gasteiger partial charge is 0.423 e. The summed E-state index contributed by atoms with van der Waals surface area (Å²) in [7, 11) is -6.17. The summed E-state index contributed by atoms with van der Waals surface area (Å²) in [6.45, 7) is 4.71. The summed E-state index contributed by atoms with van der Waals surface area (Å²) in [5.74, 6) is -22.8. The molecule has 0 spiro atoms. The van der Waals surface area contributed by atoms with Gasteiger partial charge in [-0.15, -0.1) is 9.35 Å². The van der Waals surface area contributed by atoms with Crippen molar-refractivity contribution in [3.05, 3.63) is 94.3 Å². The monoisotopic (exact) mass is 613 g/mol. The van der Waals surface area contributed by atoms with Gasteiger partial charge in [-0.25, -0.2) is 35.5 Å². The molecule has 0 N–H and O–H groups in total. The van der Waals surface area contributed by atoms with E-state index in [0.717, 1.165) is 12.1 Å². The van der Waals surface area contributed by atoms with E-state index in [1.54, 1.807) is 0 Å². The van der Waals surface area contributed by atoms with Crippen molar-refractivity contribution >= 4 is 49.4 Å². The van der Waals surface area contributed by atoms with E-state index in [-0.39, 0.29) is 27.7 Å². The van der Waals surface area contributed by atoms with Crippen LogP contribution in [-0.4, -0.2) is 31.3 Å². The van der Waals surface area contributed by atoms with Crippen LogP contribution in [0.3, 0.4) is 0 Å². The van der Waals surface area contributed by atoms with Crippen LogP contribution in [0.4, 0.5) is 30.7 Å². The molecule has 5 rings (SSSR count). The van der Waals surface area contributed by atoms with E-state index in [9.17, 15) is 49.1 Å². The summed E-state index contributed by atoms with van der Waals surface area (Å²) in [5.41, 5.74) is -0.925. The van der Waals surface area contributed by atoms with Crippen molar-refractivity contribution in [3.63, 3.8) is 0 Å². The van der Waals surface area contributed by atoms with Crippen molar-refractivity contribution in [2.24, 2.45) is 0 Å². The third kappa shape index (κ3) is 4.09. The zero-order valence-electron chi connectivity index (χ0n) is 20.5. The number of rotatable bonds is 5. The first-order valence-electron chi connectivity index (χ1n) is 11.2. The molecule has 0 radical (unpaired) electrons. The molecule has 4 aromatic rings. The van der Waals surface area contributed by atoms with Crippen LogP contribution < -0.4 is 4.74 Å². The van der Waals surface area contributed by atoms with Gasteiger partial charge in [0.1, 0.15) is 5.75 Å². The highest BCUT2D eigenvalue weighted by Crippen LogP contribution is 2.38. The maximum atomic E-state index is 15.2. The number of carbonyl (C=O) groups is 3. The van der Waals surface area contributed by atoms with Gasteiger partial charge in [-0.2, -0.15) is 8.42 Å². The number of esters is 1. The number of ether oxygens (including phenoxy) is 1. The molecule has 1 heterocycles. The van der Waals surface area contributed by atoms with Gasteiger partial charge in [0.05, 0.1) is 21.9 Å². The second-order valence-electron chi connectivity index (χ2n) is 8.75. The molecule has 0 saturated heterocycles. The molecule has 0 saturated carbocycles. The van der Waals surface area contributed by atoms with Gasteiger partial charge in [-0.1, -0.05) is 18.7 Å². The Hall–Kier alpha value is -4.83. The van der Waals surface area contributed by atoms with Crippen molar-refractivity contribution in [2.75, 3.05) is 0 Å². The molecule has 1 aliphatic heterocycles. The average molecular weight is 613 g/mol. The van der Waals surface area contributed by atoms with Crippen LogP contribution in [0.15, 0.2) is 47.4 Å². The highest BCUT2D eigenvalue weighted by atomic mass is 32.2. The van der Waals surface area contributed by atoms with Crippen LogP contribution in [0.2, 0.25) is 0 Å². The van der Waals surface area contributed by atoms with Gasteiger partial charge in [0.25, 0.3) is 11.8 Å². The van der Waals surface area contributed by atoms with Gasteiger partial charge in [0.15, 0.2) is 45.6 Å². The summed E-state index contributed by atoms with van der Waals surface area (Å²) in [4.78, 5) is 35.8. The molecule has 0 bridgehead atoms. The van der Waals surface area contributed by atoms with E-state index in [1.807, 2.05) is 0 Å². The first kappa shape index (κ1) is 28.7. The SMILES string of the molecule is C=C(C)C(=O)Oc1cc2c3c(cccc3c1)C(=O)N(OS(=O)(=O)c1c(F)c(F)c3c(F)c(F)c(F)c(F)c3c1F)C2=O. The Morgan fingerprint density at radius 1 is 0.762 bits per heavy atom. The summed E-state index contributed by atoms with van der Waals surface area (Å²) in [5, 5.41) is -4.63. The number of fused-ring (bicyclic) bond motifs is 1. The molecule has 4 aromatic carbocycles. The number of nitrogens with zero attached hydrogens (tertiary/aromatic N) is 1. The number of hydrogen-bond donors (Lipinski definition) is 0. The molecular weight excluding hydrogens is 603 g/mol. The third-order valence-electron chi connectivity index (χ3n) is 6.06. The van der Waals surface area contributed by atoms with Crippen LogP contribution in [-0.2, 0) is 19.2 Å². The predicted molar refractivity (Wildman–Crippen MR) is 127 cm³/mol.